The lowest BCUT2D eigenvalue weighted by Gasteiger charge is -2.09. The number of benzene rings is 1. The molecule has 0 fully saturated rings. The number of hydrogen-bond donors (Lipinski definition) is 1. The van der Waals surface area contributed by atoms with E-state index in [1.165, 1.54) is 12.1 Å². The van der Waals surface area contributed by atoms with Crippen molar-refractivity contribution in [3.05, 3.63) is 66.4 Å². The van der Waals surface area contributed by atoms with E-state index in [9.17, 15) is 18.0 Å². The Balaban J connectivity index is 1.49. The van der Waals surface area contributed by atoms with Crippen molar-refractivity contribution in [3.63, 3.8) is 0 Å². The summed E-state index contributed by atoms with van der Waals surface area (Å²) in [7, 11) is 0. The second kappa shape index (κ2) is 7.47. The lowest BCUT2D eigenvalue weighted by atomic mass is 10.1. The Bertz CT molecular complexity index is 870. The maximum absolute atomic E-state index is 12.7. The number of nitrogens with zero attached hydrogens (tertiary/aromatic N) is 2. The molecule has 136 valence electrons. The first-order valence-corrected chi connectivity index (χ1v) is 7.90. The van der Waals surface area contributed by atoms with Crippen LogP contribution < -0.4 is 5.32 Å². The van der Waals surface area contributed by atoms with Crippen molar-refractivity contribution in [1.29, 1.82) is 0 Å². The van der Waals surface area contributed by atoms with Gasteiger partial charge in [0.05, 0.1) is 37.3 Å². The van der Waals surface area contributed by atoms with E-state index in [1.807, 2.05) is 12.3 Å². The van der Waals surface area contributed by atoms with Crippen LogP contribution in [0.1, 0.15) is 11.1 Å². The molecule has 3 rings (SSSR count). The standard InChI is InChI=1S/C18H16F3N3O2/c19-18(20,21)16-3-1-2-13(8-16)9-17(25)22-5-6-24-11-15(10-23-24)14-4-7-26-12-14/h1-4,7-8,10-12H,5-6,9H2,(H,22,25). The molecule has 26 heavy (non-hydrogen) atoms. The van der Waals surface area contributed by atoms with E-state index < -0.39 is 11.7 Å². The quantitative estimate of drug-likeness (QED) is 0.729. The molecule has 5 nitrogen and oxygen atoms in total. The number of carbonyl (C=O) groups excluding carboxylic acids is 1. The fourth-order valence-electron chi connectivity index (χ4n) is 2.48. The van der Waals surface area contributed by atoms with Crippen molar-refractivity contribution >= 4 is 5.91 Å². The molecule has 0 saturated carbocycles. The van der Waals surface area contributed by atoms with Gasteiger partial charge in [-0.05, 0) is 17.7 Å². The third-order valence-electron chi connectivity index (χ3n) is 3.77. The number of aromatic nitrogens is 2. The maximum Gasteiger partial charge on any atom is 0.416 e. The summed E-state index contributed by atoms with van der Waals surface area (Å²) in [5.41, 5.74) is 1.36. The van der Waals surface area contributed by atoms with Crippen molar-refractivity contribution in [2.75, 3.05) is 6.54 Å². The van der Waals surface area contributed by atoms with E-state index in [4.69, 9.17) is 4.42 Å². The van der Waals surface area contributed by atoms with Crippen LogP contribution in [0.3, 0.4) is 0 Å². The average molecular weight is 363 g/mol. The molecule has 2 aromatic heterocycles. The van der Waals surface area contributed by atoms with Gasteiger partial charge in [-0.1, -0.05) is 18.2 Å². The Morgan fingerprint density at radius 3 is 2.81 bits per heavy atom. The monoisotopic (exact) mass is 363 g/mol. The van der Waals surface area contributed by atoms with Gasteiger partial charge in [0.25, 0.3) is 0 Å². The van der Waals surface area contributed by atoms with Gasteiger partial charge in [0.15, 0.2) is 0 Å². The van der Waals surface area contributed by atoms with E-state index >= 15 is 0 Å². The SMILES string of the molecule is O=C(Cc1cccc(C(F)(F)F)c1)NCCn1cc(-c2ccoc2)cn1. The molecule has 0 atom stereocenters. The van der Waals surface area contributed by atoms with E-state index in [1.54, 1.807) is 23.4 Å². The van der Waals surface area contributed by atoms with E-state index in [0.29, 0.717) is 18.7 Å². The first kappa shape index (κ1) is 17.8. The van der Waals surface area contributed by atoms with Gasteiger partial charge in [-0.2, -0.15) is 18.3 Å². The number of nitrogens with one attached hydrogen (secondary N) is 1. The van der Waals surface area contributed by atoms with E-state index in [0.717, 1.165) is 23.3 Å². The number of carbonyl (C=O) groups is 1. The van der Waals surface area contributed by atoms with Gasteiger partial charge >= 0.3 is 6.18 Å². The normalized spacial score (nSPS) is 11.5. The highest BCUT2D eigenvalue weighted by Gasteiger charge is 2.30. The van der Waals surface area contributed by atoms with Crippen LogP contribution in [0.15, 0.2) is 59.7 Å². The Kier molecular flexibility index (Phi) is 5.11. The predicted molar refractivity (Wildman–Crippen MR) is 88.1 cm³/mol. The largest absolute Gasteiger partial charge is 0.472 e. The molecule has 0 saturated heterocycles. The minimum absolute atomic E-state index is 0.108. The molecule has 0 bridgehead atoms. The lowest BCUT2D eigenvalue weighted by Crippen LogP contribution is -2.28. The molecule has 0 unspecified atom stereocenters. The smallest absolute Gasteiger partial charge is 0.416 e. The van der Waals surface area contributed by atoms with Crippen molar-refractivity contribution < 1.29 is 22.4 Å². The zero-order chi connectivity index (χ0) is 18.6. The molecule has 1 amide bonds. The van der Waals surface area contributed by atoms with Gasteiger partial charge in [-0.25, -0.2) is 0 Å². The lowest BCUT2D eigenvalue weighted by molar-refractivity contribution is -0.137. The van der Waals surface area contributed by atoms with Crippen molar-refractivity contribution in [1.82, 2.24) is 15.1 Å². The maximum atomic E-state index is 12.7. The Hall–Kier alpha value is -3.03. The third kappa shape index (κ3) is 4.53. The highest BCUT2D eigenvalue weighted by atomic mass is 19.4. The molecular formula is C18H16F3N3O2. The molecular weight excluding hydrogens is 347 g/mol. The molecule has 0 radical (unpaired) electrons. The van der Waals surface area contributed by atoms with Crippen molar-refractivity contribution in [2.45, 2.75) is 19.1 Å². The zero-order valence-electron chi connectivity index (χ0n) is 13.7. The van der Waals surface area contributed by atoms with Crippen LogP contribution in [0, 0.1) is 0 Å². The van der Waals surface area contributed by atoms with Crippen LogP contribution in [0.5, 0.6) is 0 Å². The van der Waals surface area contributed by atoms with Gasteiger partial charge in [0, 0.05) is 23.9 Å². The van der Waals surface area contributed by atoms with Crippen LogP contribution in [0.25, 0.3) is 11.1 Å². The number of rotatable bonds is 6. The van der Waals surface area contributed by atoms with Crippen molar-refractivity contribution in [2.24, 2.45) is 0 Å². The summed E-state index contributed by atoms with van der Waals surface area (Å²) >= 11 is 0. The summed E-state index contributed by atoms with van der Waals surface area (Å²) in [6.45, 7) is 0.774. The molecule has 0 aliphatic carbocycles. The fraction of sp³-hybridized carbons (Fsp3) is 0.222. The minimum atomic E-state index is -4.42. The van der Waals surface area contributed by atoms with Crippen LogP contribution >= 0.6 is 0 Å². The van der Waals surface area contributed by atoms with Crippen LogP contribution in [0.4, 0.5) is 13.2 Å². The first-order chi connectivity index (χ1) is 12.4. The van der Waals surface area contributed by atoms with E-state index in [-0.39, 0.29) is 12.3 Å². The second-order valence-electron chi connectivity index (χ2n) is 5.73. The summed E-state index contributed by atoms with van der Waals surface area (Å²) in [6, 6.07) is 6.59. The Morgan fingerprint density at radius 2 is 2.08 bits per heavy atom. The van der Waals surface area contributed by atoms with Crippen molar-refractivity contribution in [3.8, 4) is 11.1 Å². The van der Waals surface area contributed by atoms with Gasteiger partial charge in [0.2, 0.25) is 5.91 Å². The van der Waals surface area contributed by atoms with Crippen LogP contribution in [-0.4, -0.2) is 22.2 Å². The highest BCUT2D eigenvalue weighted by molar-refractivity contribution is 5.78. The average Bonchev–Trinajstić information content (AvgIpc) is 3.25. The molecule has 0 aliphatic rings. The molecule has 3 aromatic rings. The van der Waals surface area contributed by atoms with Crippen LogP contribution in [-0.2, 0) is 23.9 Å². The highest BCUT2D eigenvalue weighted by Crippen LogP contribution is 2.29. The number of halogens is 3. The molecule has 2 heterocycles. The molecule has 0 spiro atoms. The van der Waals surface area contributed by atoms with Gasteiger partial charge in [0.1, 0.15) is 0 Å². The summed E-state index contributed by atoms with van der Waals surface area (Å²) in [5.74, 6) is -0.341. The number of amides is 1. The second-order valence-corrected chi connectivity index (χ2v) is 5.73. The summed E-state index contributed by atoms with van der Waals surface area (Å²) in [4.78, 5) is 11.9. The minimum Gasteiger partial charge on any atom is -0.472 e. The number of alkyl halides is 3. The number of hydrogen-bond acceptors (Lipinski definition) is 3. The molecule has 1 N–H and O–H groups in total. The van der Waals surface area contributed by atoms with Crippen LogP contribution in [0.2, 0.25) is 0 Å². The summed E-state index contributed by atoms with van der Waals surface area (Å²) in [6.07, 6.45) is 2.17. The fourth-order valence-corrected chi connectivity index (χ4v) is 2.48. The zero-order valence-corrected chi connectivity index (χ0v) is 13.7. The molecule has 1 aromatic carbocycles. The number of furan rings is 1. The topological polar surface area (TPSA) is 60.1 Å². The van der Waals surface area contributed by atoms with Gasteiger partial charge < -0.3 is 9.73 Å². The third-order valence-corrected chi connectivity index (χ3v) is 3.77. The van der Waals surface area contributed by atoms with E-state index in [2.05, 4.69) is 10.4 Å². The molecule has 8 heteroatoms. The summed E-state index contributed by atoms with van der Waals surface area (Å²) in [5, 5.41) is 6.87. The first-order valence-electron chi connectivity index (χ1n) is 7.90. The summed E-state index contributed by atoms with van der Waals surface area (Å²) < 4.78 is 44.7. The Morgan fingerprint density at radius 1 is 1.23 bits per heavy atom. The predicted octanol–water partition coefficient (Wildman–Crippen LogP) is 3.52. The van der Waals surface area contributed by atoms with Gasteiger partial charge in [-0.3, -0.25) is 9.48 Å². The molecule has 0 aliphatic heterocycles. The van der Waals surface area contributed by atoms with Gasteiger partial charge in [-0.15, -0.1) is 0 Å². The Labute approximate surface area is 147 Å².